The Morgan fingerprint density at radius 2 is 1.77 bits per heavy atom. The van der Waals surface area contributed by atoms with E-state index in [0.717, 1.165) is 0 Å². The van der Waals surface area contributed by atoms with Crippen LogP contribution in [-0.4, -0.2) is 0 Å². The first kappa shape index (κ1) is 9.25. The summed E-state index contributed by atoms with van der Waals surface area (Å²) in [6, 6.07) is 10.7. The van der Waals surface area contributed by atoms with Crippen molar-refractivity contribution in [1.82, 2.24) is 0 Å². The van der Waals surface area contributed by atoms with E-state index < -0.39 is 5.54 Å². The minimum absolute atomic E-state index is 0.567. The van der Waals surface area contributed by atoms with Gasteiger partial charge in [-0.1, -0.05) is 12.1 Å². The first-order valence-electron chi connectivity index (χ1n) is 3.81. The van der Waals surface area contributed by atoms with E-state index in [1.807, 2.05) is 12.1 Å². The topological polar surface area (TPSA) is 73.6 Å². The van der Waals surface area contributed by atoms with Crippen LogP contribution < -0.4 is 5.73 Å². The number of benzene rings is 1. The molecule has 0 aliphatic heterocycles. The van der Waals surface area contributed by atoms with Crippen LogP contribution in [0.2, 0.25) is 0 Å². The predicted octanol–water partition coefficient (Wildman–Crippen LogP) is 1.26. The molecular formula is C10H9N3. The second kappa shape index (κ2) is 3.26. The average molecular weight is 171 g/mol. The van der Waals surface area contributed by atoms with Crippen LogP contribution in [0, 0.1) is 22.7 Å². The molecule has 3 heteroatoms. The molecule has 0 fully saturated rings. The Bertz CT molecular complexity index is 376. The van der Waals surface area contributed by atoms with Crippen LogP contribution in [0.4, 0.5) is 0 Å². The van der Waals surface area contributed by atoms with E-state index in [-0.39, 0.29) is 0 Å². The highest BCUT2D eigenvalue weighted by atomic mass is 14.7. The molecule has 2 N–H and O–H groups in total. The highest BCUT2D eigenvalue weighted by Gasteiger charge is 2.19. The lowest BCUT2D eigenvalue weighted by molar-refractivity contribution is 0.646. The SMILES string of the molecule is CC(N)(C#N)c1ccc(C#N)cc1. The number of rotatable bonds is 1. The fraction of sp³-hybridized carbons (Fsp3) is 0.200. The molecule has 0 saturated heterocycles. The lowest BCUT2D eigenvalue weighted by Gasteiger charge is -2.15. The third kappa shape index (κ3) is 1.84. The Morgan fingerprint density at radius 3 is 2.15 bits per heavy atom. The van der Waals surface area contributed by atoms with E-state index in [2.05, 4.69) is 0 Å². The van der Waals surface area contributed by atoms with Gasteiger partial charge in [-0.05, 0) is 24.6 Å². The molecule has 0 saturated carbocycles. The van der Waals surface area contributed by atoms with Crippen LogP contribution in [0.5, 0.6) is 0 Å². The maximum Gasteiger partial charge on any atom is 0.126 e. The quantitative estimate of drug-likeness (QED) is 0.691. The van der Waals surface area contributed by atoms with Gasteiger partial charge < -0.3 is 5.73 Å². The third-order valence-corrected chi connectivity index (χ3v) is 1.85. The smallest absolute Gasteiger partial charge is 0.126 e. The van der Waals surface area contributed by atoms with Crippen molar-refractivity contribution in [3.8, 4) is 12.1 Å². The molecule has 1 aromatic rings. The van der Waals surface area contributed by atoms with Crippen molar-refractivity contribution < 1.29 is 0 Å². The maximum atomic E-state index is 8.73. The van der Waals surface area contributed by atoms with Gasteiger partial charge in [0.1, 0.15) is 5.54 Å². The zero-order valence-corrected chi connectivity index (χ0v) is 7.28. The minimum atomic E-state index is -0.978. The molecule has 0 heterocycles. The fourth-order valence-electron chi connectivity index (χ4n) is 0.956. The maximum absolute atomic E-state index is 8.73. The molecule has 0 aliphatic rings. The van der Waals surface area contributed by atoms with Gasteiger partial charge in [0.25, 0.3) is 0 Å². The largest absolute Gasteiger partial charge is 0.310 e. The summed E-state index contributed by atoms with van der Waals surface area (Å²) in [6.45, 7) is 1.63. The van der Waals surface area contributed by atoms with E-state index in [1.165, 1.54) is 0 Å². The molecule has 0 spiro atoms. The number of nitrogens with zero attached hydrogens (tertiary/aromatic N) is 2. The highest BCUT2D eigenvalue weighted by molar-refractivity contribution is 5.36. The summed E-state index contributed by atoms with van der Waals surface area (Å²) in [6.07, 6.45) is 0. The standard InChI is InChI=1S/C10H9N3/c1-10(13,7-12)9-4-2-8(6-11)3-5-9/h2-5H,13H2,1H3. The van der Waals surface area contributed by atoms with Crippen LogP contribution in [0.15, 0.2) is 24.3 Å². The summed E-state index contributed by atoms with van der Waals surface area (Å²) < 4.78 is 0. The van der Waals surface area contributed by atoms with Gasteiger partial charge in [-0.2, -0.15) is 10.5 Å². The minimum Gasteiger partial charge on any atom is -0.310 e. The fourth-order valence-corrected chi connectivity index (χ4v) is 0.956. The first-order valence-corrected chi connectivity index (χ1v) is 3.81. The van der Waals surface area contributed by atoms with Gasteiger partial charge in [0, 0.05) is 0 Å². The highest BCUT2D eigenvalue weighted by Crippen LogP contribution is 2.16. The van der Waals surface area contributed by atoms with Gasteiger partial charge >= 0.3 is 0 Å². The Labute approximate surface area is 77.0 Å². The Balaban J connectivity index is 3.09. The molecule has 3 nitrogen and oxygen atoms in total. The molecule has 0 aromatic heterocycles. The van der Waals surface area contributed by atoms with Crippen LogP contribution in [-0.2, 0) is 5.54 Å². The van der Waals surface area contributed by atoms with Crippen molar-refractivity contribution >= 4 is 0 Å². The number of nitriles is 2. The molecule has 0 amide bonds. The van der Waals surface area contributed by atoms with Crippen molar-refractivity contribution in [1.29, 1.82) is 10.5 Å². The molecule has 0 aliphatic carbocycles. The molecule has 1 unspecified atom stereocenters. The molecular weight excluding hydrogens is 162 g/mol. The van der Waals surface area contributed by atoms with Gasteiger partial charge in [-0.15, -0.1) is 0 Å². The normalized spacial score (nSPS) is 13.8. The number of nitrogens with two attached hydrogens (primary N) is 1. The summed E-state index contributed by atoms with van der Waals surface area (Å²) in [5.74, 6) is 0. The average Bonchev–Trinajstić information content (AvgIpc) is 2.18. The van der Waals surface area contributed by atoms with E-state index in [9.17, 15) is 0 Å². The summed E-state index contributed by atoms with van der Waals surface area (Å²) in [5.41, 5.74) is 5.99. The Morgan fingerprint density at radius 1 is 1.23 bits per heavy atom. The van der Waals surface area contributed by atoms with Gasteiger partial charge in [0.15, 0.2) is 0 Å². The van der Waals surface area contributed by atoms with Crippen molar-refractivity contribution in [2.45, 2.75) is 12.5 Å². The number of hydrogen-bond acceptors (Lipinski definition) is 3. The second-order valence-electron chi connectivity index (χ2n) is 3.00. The van der Waals surface area contributed by atoms with Gasteiger partial charge in [0.2, 0.25) is 0 Å². The van der Waals surface area contributed by atoms with Crippen molar-refractivity contribution in [3.63, 3.8) is 0 Å². The molecule has 1 rings (SSSR count). The van der Waals surface area contributed by atoms with Crippen LogP contribution in [0.1, 0.15) is 18.1 Å². The van der Waals surface area contributed by atoms with Crippen LogP contribution in [0.25, 0.3) is 0 Å². The van der Waals surface area contributed by atoms with E-state index in [4.69, 9.17) is 16.3 Å². The van der Waals surface area contributed by atoms with Crippen molar-refractivity contribution in [2.24, 2.45) is 5.73 Å². The lowest BCUT2D eigenvalue weighted by atomic mass is 9.94. The summed E-state index contributed by atoms with van der Waals surface area (Å²) in [4.78, 5) is 0. The predicted molar refractivity (Wildman–Crippen MR) is 48.3 cm³/mol. The molecule has 13 heavy (non-hydrogen) atoms. The Hall–Kier alpha value is -1.84. The lowest BCUT2D eigenvalue weighted by Crippen LogP contribution is -2.30. The second-order valence-corrected chi connectivity index (χ2v) is 3.00. The molecule has 0 bridgehead atoms. The van der Waals surface area contributed by atoms with Crippen molar-refractivity contribution in [3.05, 3.63) is 35.4 Å². The van der Waals surface area contributed by atoms with E-state index in [1.54, 1.807) is 31.2 Å². The van der Waals surface area contributed by atoms with Crippen molar-refractivity contribution in [2.75, 3.05) is 0 Å². The van der Waals surface area contributed by atoms with Gasteiger partial charge in [-0.25, -0.2) is 0 Å². The van der Waals surface area contributed by atoms with E-state index >= 15 is 0 Å². The molecule has 1 aromatic carbocycles. The zero-order chi connectivity index (χ0) is 9.90. The van der Waals surface area contributed by atoms with E-state index in [0.29, 0.717) is 11.1 Å². The Kier molecular flexibility index (Phi) is 2.32. The zero-order valence-electron chi connectivity index (χ0n) is 7.28. The van der Waals surface area contributed by atoms with Crippen LogP contribution in [0.3, 0.4) is 0 Å². The first-order chi connectivity index (χ1) is 6.10. The summed E-state index contributed by atoms with van der Waals surface area (Å²) >= 11 is 0. The van der Waals surface area contributed by atoms with Gasteiger partial charge in [-0.3, -0.25) is 0 Å². The van der Waals surface area contributed by atoms with Gasteiger partial charge in [0.05, 0.1) is 17.7 Å². The summed E-state index contributed by atoms with van der Waals surface area (Å²) in [7, 11) is 0. The molecule has 1 atom stereocenters. The molecule has 0 radical (unpaired) electrons. The summed E-state index contributed by atoms with van der Waals surface area (Å²) in [5, 5.41) is 17.3. The monoisotopic (exact) mass is 171 g/mol. The third-order valence-electron chi connectivity index (χ3n) is 1.85. The molecule has 64 valence electrons. The van der Waals surface area contributed by atoms with Crippen LogP contribution >= 0.6 is 0 Å². The number of hydrogen-bond donors (Lipinski definition) is 1.